The van der Waals surface area contributed by atoms with Crippen LogP contribution in [0.4, 0.5) is 0 Å². The van der Waals surface area contributed by atoms with Crippen molar-refractivity contribution in [3.8, 4) is 0 Å². The van der Waals surface area contributed by atoms with Gasteiger partial charge in [-0.1, -0.05) is 12.2 Å². The summed E-state index contributed by atoms with van der Waals surface area (Å²) in [6.07, 6.45) is 3.48. The van der Waals surface area contributed by atoms with Crippen molar-refractivity contribution in [2.75, 3.05) is 0 Å². The van der Waals surface area contributed by atoms with Crippen LogP contribution in [0.15, 0.2) is 12.2 Å². The SMILES string of the molecule is C[C@@]12CC=C[C@@H](O1)[C@@H](O)C(=O)C2. The van der Waals surface area contributed by atoms with E-state index in [-0.39, 0.29) is 11.4 Å². The van der Waals surface area contributed by atoms with Gasteiger partial charge in [0.05, 0.1) is 5.60 Å². The maximum Gasteiger partial charge on any atom is 0.167 e. The summed E-state index contributed by atoms with van der Waals surface area (Å²) in [5.74, 6) is -0.0990. The highest BCUT2D eigenvalue weighted by Gasteiger charge is 2.43. The van der Waals surface area contributed by atoms with Crippen LogP contribution in [0.2, 0.25) is 0 Å². The van der Waals surface area contributed by atoms with Crippen LogP contribution < -0.4 is 0 Å². The van der Waals surface area contributed by atoms with Crippen LogP contribution in [0.25, 0.3) is 0 Å². The molecule has 0 aromatic heterocycles. The van der Waals surface area contributed by atoms with Crippen LogP contribution in [-0.4, -0.2) is 28.7 Å². The summed E-state index contributed by atoms with van der Waals surface area (Å²) in [6.45, 7) is 1.91. The van der Waals surface area contributed by atoms with Crippen molar-refractivity contribution in [3.63, 3.8) is 0 Å². The molecule has 0 aliphatic carbocycles. The largest absolute Gasteiger partial charge is 0.382 e. The molecule has 3 heteroatoms. The molecule has 0 unspecified atom stereocenters. The average molecular weight is 168 g/mol. The number of rotatable bonds is 0. The van der Waals surface area contributed by atoms with E-state index < -0.39 is 12.2 Å². The smallest absolute Gasteiger partial charge is 0.167 e. The van der Waals surface area contributed by atoms with Gasteiger partial charge in [-0.05, 0) is 13.3 Å². The molecular weight excluding hydrogens is 156 g/mol. The minimum atomic E-state index is -0.949. The maximum atomic E-state index is 11.2. The van der Waals surface area contributed by atoms with Crippen molar-refractivity contribution in [2.24, 2.45) is 0 Å². The van der Waals surface area contributed by atoms with Crippen molar-refractivity contribution in [1.29, 1.82) is 0 Å². The first kappa shape index (κ1) is 7.95. The van der Waals surface area contributed by atoms with Crippen LogP contribution in [0.5, 0.6) is 0 Å². The number of ketones is 1. The van der Waals surface area contributed by atoms with Crippen LogP contribution >= 0.6 is 0 Å². The molecule has 1 N–H and O–H groups in total. The molecule has 1 saturated heterocycles. The highest BCUT2D eigenvalue weighted by molar-refractivity contribution is 5.85. The second-order valence-corrected chi connectivity index (χ2v) is 3.75. The molecule has 0 saturated carbocycles. The standard InChI is InChI=1S/C9H12O3/c1-9-4-2-3-7(12-9)8(11)6(10)5-9/h2-3,7-8,11H,4-5H2,1H3/t7-,8+,9+/m1/s1. The third-order valence-corrected chi connectivity index (χ3v) is 2.49. The maximum absolute atomic E-state index is 11.2. The van der Waals surface area contributed by atoms with Gasteiger partial charge in [0.25, 0.3) is 0 Å². The molecule has 2 aliphatic rings. The van der Waals surface area contributed by atoms with Gasteiger partial charge in [-0.3, -0.25) is 4.79 Å². The molecule has 66 valence electrons. The van der Waals surface area contributed by atoms with Gasteiger partial charge in [0.1, 0.15) is 12.2 Å². The highest BCUT2D eigenvalue weighted by Crippen LogP contribution is 2.33. The number of ether oxygens (including phenoxy) is 1. The topological polar surface area (TPSA) is 46.5 Å². The molecule has 2 bridgehead atoms. The summed E-state index contributed by atoms with van der Waals surface area (Å²) in [7, 11) is 0. The molecule has 3 atom stereocenters. The fraction of sp³-hybridized carbons (Fsp3) is 0.667. The van der Waals surface area contributed by atoms with Gasteiger partial charge >= 0.3 is 0 Å². The Labute approximate surface area is 71.0 Å². The molecule has 2 aliphatic heterocycles. The van der Waals surface area contributed by atoms with Crippen molar-refractivity contribution in [2.45, 2.75) is 37.6 Å². The second-order valence-electron chi connectivity index (χ2n) is 3.75. The highest BCUT2D eigenvalue weighted by atomic mass is 16.5. The monoisotopic (exact) mass is 168 g/mol. The zero-order chi connectivity index (χ0) is 8.77. The lowest BCUT2D eigenvalue weighted by Gasteiger charge is -2.41. The fourth-order valence-electron chi connectivity index (χ4n) is 1.81. The second kappa shape index (κ2) is 2.41. The molecule has 3 nitrogen and oxygen atoms in total. The Hall–Kier alpha value is -0.670. The van der Waals surface area contributed by atoms with E-state index in [0.29, 0.717) is 6.42 Å². The minimum Gasteiger partial charge on any atom is -0.382 e. The Morgan fingerprint density at radius 1 is 1.75 bits per heavy atom. The van der Waals surface area contributed by atoms with Gasteiger partial charge < -0.3 is 9.84 Å². The van der Waals surface area contributed by atoms with E-state index in [1.165, 1.54) is 0 Å². The number of hydrogen-bond donors (Lipinski definition) is 1. The van der Waals surface area contributed by atoms with Gasteiger partial charge in [0.2, 0.25) is 0 Å². The van der Waals surface area contributed by atoms with Gasteiger partial charge in [-0.2, -0.15) is 0 Å². The molecule has 2 heterocycles. The zero-order valence-corrected chi connectivity index (χ0v) is 6.99. The molecule has 2 rings (SSSR count). The number of Topliss-reactive ketones (excluding diaryl/α,β-unsaturated/α-hetero) is 1. The van der Waals surface area contributed by atoms with E-state index in [9.17, 15) is 9.90 Å². The van der Waals surface area contributed by atoms with E-state index in [4.69, 9.17) is 4.74 Å². The van der Waals surface area contributed by atoms with Crippen LogP contribution in [0.1, 0.15) is 19.8 Å². The summed E-state index contributed by atoms with van der Waals surface area (Å²) in [4.78, 5) is 11.2. The Morgan fingerprint density at radius 2 is 2.50 bits per heavy atom. The number of aliphatic hydroxyl groups excluding tert-OH is 1. The lowest BCUT2D eigenvalue weighted by atomic mass is 9.84. The Morgan fingerprint density at radius 3 is 3.25 bits per heavy atom. The Kier molecular flexibility index (Phi) is 1.59. The van der Waals surface area contributed by atoms with Gasteiger partial charge in [-0.15, -0.1) is 0 Å². The van der Waals surface area contributed by atoms with Crippen molar-refractivity contribution >= 4 is 5.78 Å². The molecular formula is C9H12O3. The summed E-state index contributed by atoms with van der Waals surface area (Å²) < 4.78 is 5.53. The van der Waals surface area contributed by atoms with E-state index in [1.54, 1.807) is 6.08 Å². The molecule has 1 fully saturated rings. The van der Waals surface area contributed by atoms with E-state index in [0.717, 1.165) is 6.42 Å². The third-order valence-electron chi connectivity index (χ3n) is 2.49. The third kappa shape index (κ3) is 1.09. The van der Waals surface area contributed by atoms with Gasteiger partial charge in [0, 0.05) is 6.42 Å². The lowest BCUT2D eigenvalue weighted by molar-refractivity contribution is -0.171. The van der Waals surface area contributed by atoms with E-state index >= 15 is 0 Å². The first-order valence-electron chi connectivity index (χ1n) is 4.16. The number of aliphatic hydroxyl groups is 1. The van der Waals surface area contributed by atoms with Crippen molar-refractivity contribution in [1.82, 2.24) is 0 Å². The summed E-state index contributed by atoms with van der Waals surface area (Å²) in [5, 5.41) is 9.38. The van der Waals surface area contributed by atoms with Crippen molar-refractivity contribution < 1.29 is 14.6 Å². The van der Waals surface area contributed by atoms with Crippen LogP contribution in [0, 0.1) is 0 Å². The molecule has 0 radical (unpaired) electrons. The summed E-state index contributed by atoms with van der Waals surface area (Å²) in [5.41, 5.74) is -0.365. The molecule has 0 spiro atoms. The molecule has 0 amide bonds. The average Bonchev–Trinajstić information content (AvgIpc) is 2.00. The van der Waals surface area contributed by atoms with Crippen molar-refractivity contribution in [3.05, 3.63) is 12.2 Å². The predicted octanol–water partition coefficient (Wildman–Crippen LogP) is 0.424. The summed E-state index contributed by atoms with van der Waals surface area (Å²) in [6, 6.07) is 0. The first-order chi connectivity index (χ1) is 5.61. The lowest BCUT2D eigenvalue weighted by Crippen LogP contribution is -2.51. The molecule has 0 aromatic carbocycles. The normalized spacial score (nSPS) is 46.3. The number of carbonyl (C=O) groups is 1. The van der Waals surface area contributed by atoms with E-state index in [1.807, 2.05) is 13.0 Å². The quantitative estimate of drug-likeness (QED) is 0.533. The number of fused-ring (bicyclic) bond motifs is 2. The minimum absolute atomic E-state index is 0.0990. The summed E-state index contributed by atoms with van der Waals surface area (Å²) >= 11 is 0. The van der Waals surface area contributed by atoms with Crippen LogP contribution in [0.3, 0.4) is 0 Å². The fourth-order valence-corrected chi connectivity index (χ4v) is 1.81. The molecule has 0 aromatic rings. The van der Waals surface area contributed by atoms with Gasteiger partial charge in [-0.25, -0.2) is 0 Å². The number of carbonyl (C=O) groups excluding carboxylic acids is 1. The predicted molar refractivity (Wildman–Crippen MR) is 42.7 cm³/mol. The van der Waals surface area contributed by atoms with Crippen LogP contribution in [-0.2, 0) is 9.53 Å². The Balaban J connectivity index is 2.29. The first-order valence-corrected chi connectivity index (χ1v) is 4.16. The number of hydrogen-bond acceptors (Lipinski definition) is 3. The Bertz CT molecular complexity index is 246. The van der Waals surface area contributed by atoms with E-state index in [2.05, 4.69) is 0 Å². The van der Waals surface area contributed by atoms with Gasteiger partial charge in [0.15, 0.2) is 5.78 Å². The zero-order valence-electron chi connectivity index (χ0n) is 6.99. The molecule has 12 heavy (non-hydrogen) atoms.